The molecule has 5 heteroatoms. The van der Waals surface area contributed by atoms with Gasteiger partial charge in [-0.05, 0) is 13.8 Å². The number of nitrogens with zero attached hydrogens (tertiary/aromatic N) is 1. The van der Waals surface area contributed by atoms with E-state index in [0.29, 0.717) is 5.69 Å². The first-order valence-corrected chi connectivity index (χ1v) is 3.85. The lowest BCUT2D eigenvalue weighted by molar-refractivity contribution is -0.136. The topological polar surface area (TPSA) is 89.3 Å². The van der Waals surface area contributed by atoms with Crippen molar-refractivity contribution in [3.05, 3.63) is 17.8 Å². The van der Waals surface area contributed by atoms with Crippen molar-refractivity contribution in [3.8, 4) is 0 Å². The van der Waals surface area contributed by atoms with Crippen molar-refractivity contribution in [1.82, 2.24) is 4.98 Å². The van der Waals surface area contributed by atoms with E-state index < -0.39 is 11.5 Å². The highest BCUT2D eigenvalue weighted by molar-refractivity contribution is 5.68. The predicted octanol–water partition coefficient (Wildman–Crippen LogP) is 0.496. The van der Waals surface area contributed by atoms with Crippen molar-refractivity contribution in [2.45, 2.75) is 25.8 Å². The third-order valence-electron chi connectivity index (χ3n) is 1.51. The Morgan fingerprint density at radius 3 is 2.77 bits per heavy atom. The molecule has 0 amide bonds. The Balaban J connectivity index is 2.81. The number of nitrogens with two attached hydrogens (primary N) is 1. The van der Waals surface area contributed by atoms with Crippen molar-refractivity contribution in [2.75, 3.05) is 0 Å². The third-order valence-corrected chi connectivity index (χ3v) is 1.51. The molecule has 0 bridgehead atoms. The van der Waals surface area contributed by atoms with E-state index in [-0.39, 0.29) is 12.3 Å². The number of aliphatic carboxylic acids is 1. The zero-order chi connectivity index (χ0) is 10.1. The van der Waals surface area contributed by atoms with Crippen LogP contribution < -0.4 is 5.73 Å². The van der Waals surface area contributed by atoms with E-state index in [1.165, 1.54) is 6.26 Å². The largest absolute Gasteiger partial charge is 0.481 e. The van der Waals surface area contributed by atoms with Crippen LogP contribution in [0.1, 0.15) is 25.4 Å². The molecule has 1 rings (SSSR count). The maximum Gasteiger partial charge on any atom is 0.312 e. The van der Waals surface area contributed by atoms with E-state index in [1.54, 1.807) is 13.8 Å². The zero-order valence-electron chi connectivity index (χ0n) is 7.57. The van der Waals surface area contributed by atoms with E-state index in [2.05, 4.69) is 4.98 Å². The fraction of sp³-hybridized carbons (Fsp3) is 0.500. The first-order valence-electron chi connectivity index (χ1n) is 3.85. The van der Waals surface area contributed by atoms with Crippen molar-refractivity contribution >= 4 is 5.97 Å². The molecule has 0 aliphatic heterocycles. The number of hydrogen-bond acceptors (Lipinski definition) is 4. The van der Waals surface area contributed by atoms with Gasteiger partial charge in [0.15, 0.2) is 0 Å². The van der Waals surface area contributed by atoms with E-state index in [9.17, 15) is 4.79 Å². The van der Waals surface area contributed by atoms with Crippen LogP contribution in [0.3, 0.4) is 0 Å². The molecule has 0 aromatic carbocycles. The second kappa shape index (κ2) is 3.18. The lowest BCUT2D eigenvalue weighted by Crippen LogP contribution is -2.29. The normalized spacial score (nSPS) is 11.6. The second-order valence-electron chi connectivity index (χ2n) is 3.42. The van der Waals surface area contributed by atoms with Gasteiger partial charge < -0.3 is 15.3 Å². The Bertz CT molecular complexity index is 311. The summed E-state index contributed by atoms with van der Waals surface area (Å²) >= 11 is 0. The van der Waals surface area contributed by atoms with Crippen LogP contribution in [0.25, 0.3) is 0 Å². The summed E-state index contributed by atoms with van der Waals surface area (Å²) < 4.78 is 4.93. The van der Waals surface area contributed by atoms with Gasteiger partial charge in [-0.3, -0.25) is 4.79 Å². The van der Waals surface area contributed by atoms with Crippen LogP contribution >= 0.6 is 0 Å². The smallest absolute Gasteiger partial charge is 0.312 e. The second-order valence-corrected chi connectivity index (χ2v) is 3.42. The molecule has 0 fully saturated rings. The third kappa shape index (κ3) is 2.55. The Morgan fingerprint density at radius 1 is 1.77 bits per heavy atom. The van der Waals surface area contributed by atoms with Gasteiger partial charge in [-0.1, -0.05) is 0 Å². The molecule has 13 heavy (non-hydrogen) atoms. The molecule has 1 heterocycles. The average Bonchev–Trinajstić information content (AvgIpc) is 2.32. The molecule has 0 unspecified atom stereocenters. The van der Waals surface area contributed by atoms with Gasteiger partial charge in [0.1, 0.15) is 12.7 Å². The molecule has 1 aromatic rings. The van der Waals surface area contributed by atoms with Crippen LogP contribution in [-0.4, -0.2) is 16.1 Å². The number of oxazole rings is 1. The number of carboxylic acids is 1. The summed E-state index contributed by atoms with van der Waals surface area (Å²) in [4.78, 5) is 14.2. The summed E-state index contributed by atoms with van der Waals surface area (Å²) in [5, 5.41) is 8.45. The first kappa shape index (κ1) is 9.73. The molecular formula is C8H12N2O3. The fourth-order valence-corrected chi connectivity index (χ4v) is 0.817. The van der Waals surface area contributed by atoms with Gasteiger partial charge in [-0.15, -0.1) is 0 Å². The number of rotatable bonds is 3. The number of aromatic nitrogens is 1. The standard InChI is InChI=1S/C8H12N2O3/c1-8(2,9)5-4-13-6(10-5)3-7(11)12/h4H,3,9H2,1-2H3,(H,11,12). The molecular weight excluding hydrogens is 172 g/mol. The molecule has 3 N–H and O–H groups in total. The highest BCUT2D eigenvalue weighted by Crippen LogP contribution is 2.15. The molecule has 5 nitrogen and oxygen atoms in total. The summed E-state index contributed by atoms with van der Waals surface area (Å²) in [7, 11) is 0. The first-order chi connectivity index (χ1) is 5.89. The molecule has 0 aliphatic rings. The number of hydrogen-bond donors (Lipinski definition) is 2. The minimum Gasteiger partial charge on any atom is -0.481 e. The van der Waals surface area contributed by atoms with E-state index in [4.69, 9.17) is 15.3 Å². The van der Waals surface area contributed by atoms with E-state index in [0.717, 1.165) is 0 Å². The van der Waals surface area contributed by atoms with Gasteiger partial charge in [0.25, 0.3) is 0 Å². The summed E-state index contributed by atoms with van der Waals surface area (Å²) in [6, 6.07) is 0. The monoisotopic (exact) mass is 184 g/mol. The van der Waals surface area contributed by atoms with Crippen molar-refractivity contribution in [2.24, 2.45) is 5.73 Å². The van der Waals surface area contributed by atoms with Crippen LogP contribution in [0.15, 0.2) is 10.7 Å². The van der Waals surface area contributed by atoms with Crippen molar-refractivity contribution < 1.29 is 14.3 Å². The van der Waals surface area contributed by atoms with E-state index >= 15 is 0 Å². The Morgan fingerprint density at radius 2 is 2.38 bits per heavy atom. The molecule has 0 radical (unpaired) electrons. The molecule has 0 atom stereocenters. The Labute approximate surface area is 75.6 Å². The molecule has 0 saturated carbocycles. The summed E-state index contributed by atoms with van der Waals surface area (Å²) in [5.41, 5.74) is 5.69. The van der Waals surface area contributed by atoms with Crippen molar-refractivity contribution in [1.29, 1.82) is 0 Å². The fourth-order valence-electron chi connectivity index (χ4n) is 0.817. The van der Waals surface area contributed by atoms with Gasteiger partial charge in [-0.2, -0.15) is 0 Å². The maximum atomic E-state index is 10.3. The average molecular weight is 184 g/mol. The quantitative estimate of drug-likeness (QED) is 0.713. The molecule has 0 saturated heterocycles. The summed E-state index contributed by atoms with van der Waals surface area (Å²) in [6.45, 7) is 3.55. The summed E-state index contributed by atoms with van der Waals surface area (Å²) in [5.74, 6) is -0.788. The zero-order valence-corrected chi connectivity index (χ0v) is 7.57. The highest BCUT2D eigenvalue weighted by atomic mass is 16.4. The van der Waals surface area contributed by atoms with Crippen LogP contribution in [0.5, 0.6) is 0 Å². The van der Waals surface area contributed by atoms with Crippen LogP contribution in [0.2, 0.25) is 0 Å². The van der Waals surface area contributed by atoms with Gasteiger partial charge >= 0.3 is 5.97 Å². The highest BCUT2D eigenvalue weighted by Gasteiger charge is 2.19. The molecule has 0 aliphatic carbocycles. The number of carbonyl (C=O) groups is 1. The van der Waals surface area contributed by atoms with Crippen molar-refractivity contribution in [3.63, 3.8) is 0 Å². The summed E-state index contributed by atoms with van der Waals surface area (Å²) in [6.07, 6.45) is 1.17. The molecule has 1 aromatic heterocycles. The van der Waals surface area contributed by atoms with Gasteiger partial charge in [0.2, 0.25) is 5.89 Å². The maximum absolute atomic E-state index is 10.3. The van der Waals surface area contributed by atoms with Gasteiger partial charge in [0, 0.05) is 0 Å². The molecule has 72 valence electrons. The lowest BCUT2D eigenvalue weighted by Gasteiger charge is -2.13. The SMILES string of the molecule is CC(C)(N)c1coc(CC(=O)O)n1. The van der Waals surface area contributed by atoms with Crippen LogP contribution in [-0.2, 0) is 16.8 Å². The lowest BCUT2D eigenvalue weighted by atomic mass is 10.0. The molecule has 0 spiro atoms. The Hall–Kier alpha value is -1.36. The van der Waals surface area contributed by atoms with Crippen LogP contribution in [0, 0.1) is 0 Å². The number of carboxylic acid groups (broad SMARTS) is 1. The predicted molar refractivity (Wildman–Crippen MR) is 45.1 cm³/mol. The minimum absolute atomic E-state index is 0.182. The van der Waals surface area contributed by atoms with Crippen LogP contribution in [0.4, 0.5) is 0 Å². The van der Waals surface area contributed by atoms with E-state index in [1.807, 2.05) is 0 Å². The van der Waals surface area contributed by atoms with Gasteiger partial charge in [0.05, 0.1) is 11.2 Å². The minimum atomic E-state index is -0.969. The van der Waals surface area contributed by atoms with Gasteiger partial charge in [-0.25, -0.2) is 4.98 Å². The Kier molecular flexibility index (Phi) is 2.38.